The van der Waals surface area contributed by atoms with E-state index in [0.717, 1.165) is 15.4 Å². The van der Waals surface area contributed by atoms with Crippen LogP contribution < -0.4 is 5.32 Å². The number of carbonyl (C=O) groups is 2. The highest BCUT2D eigenvalue weighted by atomic mass is 32.2. The van der Waals surface area contributed by atoms with Crippen LogP contribution in [-0.4, -0.2) is 31.6 Å². The van der Waals surface area contributed by atoms with Crippen molar-refractivity contribution in [2.24, 2.45) is 0 Å². The Morgan fingerprint density at radius 3 is 2.21 bits per heavy atom. The molecule has 0 saturated carbocycles. The van der Waals surface area contributed by atoms with Gasteiger partial charge in [-0.2, -0.15) is 0 Å². The van der Waals surface area contributed by atoms with Crippen molar-refractivity contribution in [2.75, 3.05) is 7.05 Å². The maximum Gasteiger partial charge on any atom is 0.268 e. The van der Waals surface area contributed by atoms with Crippen molar-refractivity contribution in [3.05, 3.63) is 75.9 Å². The molecule has 1 aliphatic rings. The van der Waals surface area contributed by atoms with Gasteiger partial charge in [-0.05, 0) is 55.2 Å². The third-order valence-electron chi connectivity index (χ3n) is 4.97. The largest absolute Gasteiger partial charge is 0.355 e. The molecule has 1 heterocycles. The maximum absolute atomic E-state index is 13.1. The minimum Gasteiger partial charge on any atom is -0.355 e. The summed E-state index contributed by atoms with van der Waals surface area (Å²) < 4.78 is 27.1. The zero-order valence-corrected chi connectivity index (χ0v) is 17.1. The van der Waals surface area contributed by atoms with Crippen molar-refractivity contribution in [1.82, 2.24) is 9.62 Å². The van der Waals surface area contributed by atoms with E-state index < -0.39 is 15.9 Å². The lowest BCUT2D eigenvalue weighted by atomic mass is 10.0. The summed E-state index contributed by atoms with van der Waals surface area (Å²) in [6.45, 7) is 5.31. The number of benzene rings is 2. The van der Waals surface area contributed by atoms with E-state index >= 15 is 0 Å². The molecule has 0 aromatic heterocycles. The van der Waals surface area contributed by atoms with Crippen LogP contribution in [0.3, 0.4) is 0 Å². The van der Waals surface area contributed by atoms with Gasteiger partial charge in [0.15, 0.2) is 0 Å². The third kappa shape index (κ3) is 3.33. The minimum atomic E-state index is -3.95. The molecule has 0 saturated heterocycles. The van der Waals surface area contributed by atoms with Crippen LogP contribution in [0.4, 0.5) is 0 Å². The van der Waals surface area contributed by atoms with Gasteiger partial charge >= 0.3 is 0 Å². The standard InChI is InChI=1S/C21H22N2O4S/c1-13-5-8-18(11-14(13)2)19-15(3)21(25)23(28(19,26)27)12-16-6-9-17(10-7-16)20(24)22-4/h5-11H,12H2,1-4H3,(H,22,24). The zero-order valence-electron chi connectivity index (χ0n) is 16.2. The van der Waals surface area contributed by atoms with Crippen LogP contribution in [0.25, 0.3) is 4.91 Å². The number of rotatable bonds is 4. The summed E-state index contributed by atoms with van der Waals surface area (Å²) in [5, 5.41) is 2.53. The third-order valence-corrected chi connectivity index (χ3v) is 6.91. The normalized spacial score (nSPS) is 15.9. The molecule has 0 unspecified atom stereocenters. The van der Waals surface area contributed by atoms with Gasteiger partial charge in [0.1, 0.15) is 4.91 Å². The van der Waals surface area contributed by atoms with E-state index in [0.29, 0.717) is 16.7 Å². The van der Waals surface area contributed by atoms with Gasteiger partial charge < -0.3 is 5.32 Å². The Balaban J connectivity index is 1.94. The number of hydrogen-bond acceptors (Lipinski definition) is 4. The number of aryl methyl sites for hydroxylation is 2. The zero-order chi connectivity index (χ0) is 20.6. The van der Waals surface area contributed by atoms with E-state index in [1.54, 1.807) is 43.3 Å². The molecule has 2 aromatic rings. The lowest BCUT2D eigenvalue weighted by Crippen LogP contribution is -2.31. The highest BCUT2D eigenvalue weighted by molar-refractivity contribution is 7.99. The van der Waals surface area contributed by atoms with Crippen molar-refractivity contribution in [3.8, 4) is 0 Å². The second kappa shape index (κ2) is 7.24. The van der Waals surface area contributed by atoms with Gasteiger partial charge in [-0.25, -0.2) is 12.7 Å². The maximum atomic E-state index is 13.1. The lowest BCUT2D eigenvalue weighted by molar-refractivity contribution is -0.122. The number of nitrogens with zero attached hydrogens (tertiary/aromatic N) is 1. The van der Waals surface area contributed by atoms with Crippen molar-refractivity contribution < 1.29 is 18.0 Å². The minimum absolute atomic E-state index is 0.0579. The number of nitrogens with one attached hydrogen (secondary N) is 1. The summed E-state index contributed by atoms with van der Waals surface area (Å²) in [4.78, 5) is 24.4. The molecule has 0 aliphatic carbocycles. The van der Waals surface area contributed by atoms with Crippen LogP contribution in [-0.2, 0) is 21.4 Å². The Kier molecular flexibility index (Phi) is 5.12. The van der Waals surface area contributed by atoms with Crippen molar-refractivity contribution in [1.29, 1.82) is 0 Å². The van der Waals surface area contributed by atoms with Crippen LogP contribution in [0.15, 0.2) is 48.0 Å². The van der Waals surface area contributed by atoms with Gasteiger partial charge in [0.25, 0.3) is 21.8 Å². The molecule has 0 atom stereocenters. The quantitative estimate of drug-likeness (QED) is 0.858. The fourth-order valence-corrected chi connectivity index (χ4v) is 4.97. The molecule has 28 heavy (non-hydrogen) atoms. The fourth-order valence-electron chi connectivity index (χ4n) is 3.17. The molecule has 7 heteroatoms. The van der Waals surface area contributed by atoms with Gasteiger partial charge in [0.2, 0.25) is 0 Å². The Bertz CT molecular complexity index is 1100. The van der Waals surface area contributed by atoms with Crippen LogP contribution >= 0.6 is 0 Å². The van der Waals surface area contributed by atoms with Crippen molar-refractivity contribution in [2.45, 2.75) is 27.3 Å². The second-order valence-corrected chi connectivity index (χ2v) is 8.65. The first-order valence-corrected chi connectivity index (χ1v) is 10.3. The first kappa shape index (κ1) is 19.8. The summed E-state index contributed by atoms with van der Waals surface area (Å²) >= 11 is 0. The molecule has 0 radical (unpaired) electrons. The number of carbonyl (C=O) groups excluding carboxylic acids is 2. The molecule has 1 aliphatic heterocycles. The molecule has 0 fully saturated rings. The van der Waals surface area contributed by atoms with E-state index in [-0.39, 0.29) is 22.9 Å². The van der Waals surface area contributed by atoms with Crippen LogP contribution in [0.1, 0.15) is 39.5 Å². The Morgan fingerprint density at radius 2 is 1.64 bits per heavy atom. The molecule has 3 rings (SSSR count). The molecule has 2 aromatic carbocycles. The fraction of sp³-hybridized carbons (Fsp3) is 0.238. The number of hydrogen-bond donors (Lipinski definition) is 1. The predicted molar refractivity (Wildman–Crippen MR) is 108 cm³/mol. The number of sulfonamides is 1. The Labute approximate surface area is 164 Å². The molecule has 6 nitrogen and oxygen atoms in total. The van der Waals surface area contributed by atoms with E-state index in [2.05, 4.69) is 5.32 Å². The van der Waals surface area contributed by atoms with Crippen molar-refractivity contribution >= 4 is 26.7 Å². The molecule has 146 valence electrons. The summed E-state index contributed by atoms with van der Waals surface area (Å²) in [6, 6.07) is 11.9. The van der Waals surface area contributed by atoms with E-state index in [4.69, 9.17) is 0 Å². The summed E-state index contributed by atoms with van der Waals surface area (Å²) in [7, 11) is -2.42. The monoisotopic (exact) mass is 398 g/mol. The van der Waals surface area contributed by atoms with Gasteiger partial charge in [-0.15, -0.1) is 0 Å². The predicted octanol–water partition coefficient (Wildman–Crippen LogP) is 2.77. The lowest BCUT2D eigenvalue weighted by Gasteiger charge is -2.17. The Hall–Kier alpha value is -2.93. The van der Waals surface area contributed by atoms with Gasteiger partial charge in [0, 0.05) is 18.2 Å². The SMILES string of the molecule is CNC(=O)c1ccc(CN2C(=O)C(C)=C(c3ccc(C)c(C)c3)S2(=O)=O)cc1. The summed E-state index contributed by atoms with van der Waals surface area (Å²) in [5.41, 5.74) is 3.84. The average Bonchev–Trinajstić information content (AvgIpc) is 2.83. The van der Waals surface area contributed by atoms with E-state index in [1.165, 1.54) is 7.05 Å². The van der Waals surface area contributed by atoms with Crippen LogP contribution in [0.5, 0.6) is 0 Å². The van der Waals surface area contributed by atoms with E-state index in [9.17, 15) is 18.0 Å². The highest BCUT2D eigenvalue weighted by Crippen LogP contribution is 2.37. The highest BCUT2D eigenvalue weighted by Gasteiger charge is 2.42. The molecule has 2 amide bonds. The van der Waals surface area contributed by atoms with Crippen LogP contribution in [0, 0.1) is 13.8 Å². The topological polar surface area (TPSA) is 83.6 Å². The van der Waals surface area contributed by atoms with Gasteiger partial charge in [-0.3, -0.25) is 9.59 Å². The summed E-state index contributed by atoms with van der Waals surface area (Å²) in [5.74, 6) is -0.755. The molecule has 0 bridgehead atoms. The first-order valence-electron chi connectivity index (χ1n) is 8.83. The second-order valence-electron chi connectivity index (χ2n) is 6.85. The van der Waals surface area contributed by atoms with Crippen LogP contribution in [0.2, 0.25) is 0 Å². The number of amides is 2. The summed E-state index contributed by atoms with van der Waals surface area (Å²) in [6.07, 6.45) is 0. The van der Waals surface area contributed by atoms with E-state index in [1.807, 2.05) is 19.9 Å². The molecular formula is C21H22N2O4S. The smallest absolute Gasteiger partial charge is 0.268 e. The van der Waals surface area contributed by atoms with Gasteiger partial charge in [0.05, 0.1) is 6.54 Å². The molecule has 0 spiro atoms. The van der Waals surface area contributed by atoms with Crippen molar-refractivity contribution in [3.63, 3.8) is 0 Å². The van der Waals surface area contributed by atoms with Gasteiger partial charge in [-0.1, -0.05) is 30.3 Å². The molecular weight excluding hydrogens is 376 g/mol. The Morgan fingerprint density at radius 1 is 1.00 bits per heavy atom. The average molecular weight is 398 g/mol. The molecule has 1 N–H and O–H groups in total. The first-order chi connectivity index (χ1) is 13.2.